The normalized spacial score (nSPS) is 11.7. The highest BCUT2D eigenvalue weighted by molar-refractivity contribution is 5.85. The van der Waals surface area contributed by atoms with E-state index in [2.05, 4.69) is 10.1 Å². The van der Waals surface area contributed by atoms with Gasteiger partial charge in [0.1, 0.15) is 6.04 Å². The van der Waals surface area contributed by atoms with E-state index in [0.717, 1.165) is 0 Å². The molecule has 0 amide bonds. The number of carboxylic acid groups (broad SMARTS) is 1. The summed E-state index contributed by atoms with van der Waals surface area (Å²) >= 11 is 0. The zero-order valence-electron chi connectivity index (χ0n) is 9.15. The first-order valence-electron chi connectivity index (χ1n) is 4.60. The third-order valence-corrected chi connectivity index (χ3v) is 1.70. The molecule has 0 saturated heterocycles. The number of carbonyl (C=O) groups is 2. The van der Waals surface area contributed by atoms with Crippen molar-refractivity contribution in [3.8, 4) is 0 Å². The SMILES string of the molecule is CCOC(=O)CN[C@H](C(=O)O)C(C)C.Cl. The highest BCUT2D eigenvalue weighted by Gasteiger charge is 2.21. The van der Waals surface area contributed by atoms with Crippen LogP contribution < -0.4 is 5.32 Å². The number of nitrogens with one attached hydrogen (secondary N) is 1. The molecule has 0 aliphatic rings. The maximum absolute atomic E-state index is 10.9. The first-order chi connectivity index (χ1) is 6.49. The zero-order valence-corrected chi connectivity index (χ0v) is 9.97. The molecule has 1 atom stereocenters. The van der Waals surface area contributed by atoms with Crippen molar-refractivity contribution >= 4 is 24.3 Å². The number of hydrogen-bond donors (Lipinski definition) is 2. The number of rotatable bonds is 6. The molecule has 0 aliphatic heterocycles. The molecule has 0 radical (unpaired) electrons. The summed E-state index contributed by atoms with van der Waals surface area (Å²) in [4.78, 5) is 21.6. The van der Waals surface area contributed by atoms with Crippen molar-refractivity contribution in [3.05, 3.63) is 0 Å². The van der Waals surface area contributed by atoms with Crippen LogP contribution in [0.5, 0.6) is 0 Å². The second-order valence-corrected chi connectivity index (χ2v) is 3.25. The number of aliphatic carboxylic acids is 1. The van der Waals surface area contributed by atoms with E-state index in [1.165, 1.54) is 0 Å². The molecular formula is C9H18ClNO4. The molecule has 90 valence electrons. The Bertz CT molecular complexity index is 208. The Morgan fingerprint density at radius 3 is 2.27 bits per heavy atom. The predicted octanol–water partition coefficient (Wildman–Crippen LogP) is 0.670. The van der Waals surface area contributed by atoms with E-state index in [-0.39, 0.29) is 24.9 Å². The van der Waals surface area contributed by atoms with Gasteiger partial charge in [-0.3, -0.25) is 14.9 Å². The van der Waals surface area contributed by atoms with Gasteiger partial charge in [0.25, 0.3) is 0 Å². The van der Waals surface area contributed by atoms with E-state index >= 15 is 0 Å². The molecule has 0 spiro atoms. The van der Waals surface area contributed by atoms with Gasteiger partial charge in [-0.05, 0) is 12.8 Å². The number of carboxylic acids is 1. The lowest BCUT2D eigenvalue weighted by atomic mass is 10.1. The molecule has 2 N–H and O–H groups in total. The van der Waals surface area contributed by atoms with Gasteiger partial charge in [-0.1, -0.05) is 13.8 Å². The van der Waals surface area contributed by atoms with Crippen LogP contribution >= 0.6 is 12.4 Å². The minimum absolute atomic E-state index is 0. The van der Waals surface area contributed by atoms with Crippen LogP contribution in [-0.2, 0) is 14.3 Å². The summed E-state index contributed by atoms with van der Waals surface area (Å²) in [6.45, 7) is 5.49. The highest BCUT2D eigenvalue weighted by atomic mass is 35.5. The van der Waals surface area contributed by atoms with Gasteiger partial charge in [-0.2, -0.15) is 0 Å². The Morgan fingerprint density at radius 2 is 1.93 bits per heavy atom. The topological polar surface area (TPSA) is 75.6 Å². The second-order valence-electron chi connectivity index (χ2n) is 3.25. The smallest absolute Gasteiger partial charge is 0.320 e. The lowest BCUT2D eigenvalue weighted by molar-refractivity contribution is -0.143. The fraction of sp³-hybridized carbons (Fsp3) is 0.778. The van der Waals surface area contributed by atoms with Crippen molar-refractivity contribution in [2.45, 2.75) is 26.8 Å². The fourth-order valence-electron chi connectivity index (χ4n) is 1.01. The lowest BCUT2D eigenvalue weighted by Crippen LogP contribution is -2.43. The average molecular weight is 240 g/mol. The van der Waals surface area contributed by atoms with E-state index in [1.807, 2.05) is 0 Å². The summed E-state index contributed by atoms with van der Waals surface area (Å²) < 4.78 is 4.66. The Labute approximate surface area is 95.6 Å². The molecule has 0 fully saturated rings. The van der Waals surface area contributed by atoms with E-state index < -0.39 is 18.0 Å². The number of esters is 1. The Kier molecular flexibility index (Phi) is 9.41. The zero-order chi connectivity index (χ0) is 11.1. The van der Waals surface area contributed by atoms with Crippen LogP contribution in [0.4, 0.5) is 0 Å². The van der Waals surface area contributed by atoms with Crippen LogP contribution in [0.25, 0.3) is 0 Å². The minimum atomic E-state index is -0.954. The molecule has 15 heavy (non-hydrogen) atoms. The molecule has 0 aliphatic carbocycles. The van der Waals surface area contributed by atoms with Gasteiger partial charge < -0.3 is 9.84 Å². The van der Waals surface area contributed by atoms with Gasteiger partial charge in [-0.15, -0.1) is 12.4 Å². The molecule has 6 heteroatoms. The van der Waals surface area contributed by atoms with Gasteiger partial charge in [0.15, 0.2) is 0 Å². The average Bonchev–Trinajstić information content (AvgIpc) is 2.03. The van der Waals surface area contributed by atoms with Crippen LogP contribution in [0.15, 0.2) is 0 Å². The second kappa shape index (κ2) is 8.49. The van der Waals surface area contributed by atoms with E-state index in [4.69, 9.17) is 5.11 Å². The summed E-state index contributed by atoms with van der Waals surface area (Å²) in [6, 6.07) is -0.709. The van der Waals surface area contributed by atoms with Gasteiger partial charge in [0, 0.05) is 0 Å². The number of hydrogen-bond acceptors (Lipinski definition) is 4. The molecule has 0 unspecified atom stereocenters. The van der Waals surface area contributed by atoms with Crippen LogP contribution in [0.2, 0.25) is 0 Å². The third-order valence-electron chi connectivity index (χ3n) is 1.70. The van der Waals surface area contributed by atoms with Crippen molar-refractivity contribution in [2.24, 2.45) is 5.92 Å². The quantitative estimate of drug-likeness (QED) is 0.667. The van der Waals surface area contributed by atoms with Crippen LogP contribution in [0.1, 0.15) is 20.8 Å². The van der Waals surface area contributed by atoms with Crippen LogP contribution in [0.3, 0.4) is 0 Å². The van der Waals surface area contributed by atoms with Crippen LogP contribution in [0, 0.1) is 5.92 Å². The first-order valence-corrected chi connectivity index (χ1v) is 4.60. The lowest BCUT2D eigenvalue weighted by Gasteiger charge is -2.16. The van der Waals surface area contributed by atoms with E-state index in [1.54, 1.807) is 20.8 Å². The number of halogens is 1. The van der Waals surface area contributed by atoms with Crippen molar-refractivity contribution in [2.75, 3.05) is 13.2 Å². The summed E-state index contributed by atoms with van der Waals surface area (Å²) in [5.74, 6) is -1.45. The highest BCUT2D eigenvalue weighted by Crippen LogP contribution is 2.00. The van der Waals surface area contributed by atoms with Gasteiger partial charge in [-0.25, -0.2) is 0 Å². The summed E-state index contributed by atoms with van der Waals surface area (Å²) in [5.41, 5.74) is 0. The maximum atomic E-state index is 10.9. The third kappa shape index (κ3) is 7.16. The predicted molar refractivity (Wildman–Crippen MR) is 58.1 cm³/mol. The largest absolute Gasteiger partial charge is 0.480 e. The molecular weight excluding hydrogens is 222 g/mol. The standard InChI is InChI=1S/C9H17NO4.ClH/c1-4-14-7(11)5-10-8(6(2)3)9(12)13;/h6,8,10H,4-5H2,1-3H3,(H,12,13);1H/t8-;/m0./s1. The van der Waals surface area contributed by atoms with Gasteiger partial charge >= 0.3 is 11.9 Å². The molecule has 0 aromatic carbocycles. The Balaban J connectivity index is 0. The summed E-state index contributed by atoms with van der Waals surface area (Å²) in [6.07, 6.45) is 0. The Morgan fingerprint density at radius 1 is 1.40 bits per heavy atom. The fourth-order valence-corrected chi connectivity index (χ4v) is 1.01. The molecule has 0 heterocycles. The van der Waals surface area contributed by atoms with Crippen molar-refractivity contribution in [3.63, 3.8) is 0 Å². The molecule has 0 aromatic rings. The first kappa shape index (κ1) is 16.6. The van der Waals surface area contributed by atoms with E-state index in [9.17, 15) is 9.59 Å². The maximum Gasteiger partial charge on any atom is 0.320 e. The summed E-state index contributed by atoms with van der Waals surface area (Å²) in [7, 11) is 0. The monoisotopic (exact) mass is 239 g/mol. The van der Waals surface area contributed by atoms with Crippen molar-refractivity contribution in [1.29, 1.82) is 0 Å². The van der Waals surface area contributed by atoms with Crippen molar-refractivity contribution < 1.29 is 19.4 Å². The van der Waals surface area contributed by atoms with Gasteiger partial charge in [0.2, 0.25) is 0 Å². The number of carbonyl (C=O) groups excluding carboxylic acids is 1. The van der Waals surface area contributed by atoms with Crippen LogP contribution in [-0.4, -0.2) is 36.2 Å². The number of ether oxygens (including phenoxy) is 1. The minimum Gasteiger partial charge on any atom is -0.480 e. The molecule has 0 bridgehead atoms. The summed E-state index contributed by atoms with van der Waals surface area (Å²) in [5, 5.41) is 11.4. The van der Waals surface area contributed by atoms with Gasteiger partial charge in [0.05, 0.1) is 13.2 Å². The van der Waals surface area contributed by atoms with Crippen molar-refractivity contribution in [1.82, 2.24) is 5.32 Å². The molecule has 0 saturated carbocycles. The molecule has 0 aromatic heterocycles. The molecule has 5 nitrogen and oxygen atoms in total. The Hall–Kier alpha value is -0.810. The molecule has 0 rings (SSSR count). The van der Waals surface area contributed by atoms with E-state index in [0.29, 0.717) is 6.61 Å².